The summed E-state index contributed by atoms with van der Waals surface area (Å²) in [7, 11) is 0. The van der Waals surface area contributed by atoms with Crippen LogP contribution in [-0.2, 0) is 17.7 Å². The predicted octanol–water partition coefficient (Wildman–Crippen LogP) is 2.00. The summed E-state index contributed by atoms with van der Waals surface area (Å²) in [5, 5.41) is 2.79. The van der Waals surface area contributed by atoms with Crippen LogP contribution in [-0.4, -0.2) is 63.8 Å². The highest BCUT2D eigenvalue weighted by Crippen LogP contribution is 2.10. The number of nitrogens with zero attached hydrogens (tertiary/aromatic N) is 3. The van der Waals surface area contributed by atoms with Crippen molar-refractivity contribution >= 4 is 17.9 Å². The van der Waals surface area contributed by atoms with Gasteiger partial charge in [-0.05, 0) is 20.8 Å². The Morgan fingerprint density at radius 1 is 1.35 bits per heavy atom. The van der Waals surface area contributed by atoms with Gasteiger partial charge < -0.3 is 14.6 Å². The van der Waals surface area contributed by atoms with E-state index in [1.807, 2.05) is 45.1 Å². The lowest BCUT2D eigenvalue weighted by molar-refractivity contribution is 0.0528. The molecule has 1 amide bonds. The minimum absolute atomic E-state index is 0.366. The van der Waals surface area contributed by atoms with E-state index >= 15 is 0 Å². The molecule has 0 aliphatic carbocycles. The number of amides is 1. The standard InChI is InChI=1S/C16H28N4O2S/c1-16(2,3)22-15(21)18-5-4-14-12-17-13-20(14)7-6-19-8-10-23-11-9-19/h12-13H,4-11H2,1-3H3,(H,18,21). The third-order valence-electron chi connectivity index (χ3n) is 3.61. The molecule has 0 atom stereocenters. The smallest absolute Gasteiger partial charge is 0.407 e. The summed E-state index contributed by atoms with van der Waals surface area (Å²) in [5.41, 5.74) is 0.686. The number of imidazole rings is 1. The van der Waals surface area contributed by atoms with Gasteiger partial charge in [0, 0.05) is 62.5 Å². The van der Waals surface area contributed by atoms with E-state index in [2.05, 4.69) is 19.8 Å². The molecule has 0 saturated carbocycles. The molecule has 1 N–H and O–H groups in total. The summed E-state index contributed by atoms with van der Waals surface area (Å²) in [6.45, 7) is 10.5. The van der Waals surface area contributed by atoms with Gasteiger partial charge in [0.15, 0.2) is 0 Å². The third-order valence-corrected chi connectivity index (χ3v) is 4.55. The Hall–Kier alpha value is -1.21. The second-order valence-electron chi connectivity index (χ2n) is 6.71. The molecular formula is C16H28N4O2S. The number of aromatic nitrogens is 2. The fraction of sp³-hybridized carbons (Fsp3) is 0.750. The maximum absolute atomic E-state index is 11.6. The number of nitrogens with one attached hydrogen (secondary N) is 1. The first-order chi connectivity index (χ1) is 10.9. The van der Waals surface area contributed by atoms with E-state index in [1.54, 1.807) is 0 Å². The van der Waals surface area contributed by atoms with Crippen LogP contribution in [0.3, 0.4) is 0 Å². The Labute approximate surface area is 143 Å². The van der Waals surface area contributed by atoms with E-state index in [9.17, 15) is 4.79 Å². The molecule has 0 aromatic carbocycles. The fourth-order valence-electron chi connectivity index (χ4n) is 2.44. The van der Waals surface area contributed by atoms with Gasteiger partial charge in [-0.3, -0.25) is 4.90 Å². The Kier molecular flexibility index (Phi) is 6.77. The molecular weight excluding hydrogens is 312 g/mol. The quantitative estimate of drug-likeness (QED) is 0.858. The Morgan fingerprint density at radius 2 is 2.09 bits per heavy atom. The number of carbonyl (C=O) groups is 1. The summed E-state index contributed by atoms with van der Waals surface area (Å²) in [6.07, 6.45) is 4.15. The topological polar surface area (TPSA) is 59.4 Å². The maximum atomic E-state index is 11.6. The molecule has 2 rings (SSSR count). The number of alkyl carbamates (subject to hydrolysis) is 1. The Bertz CT molecular complexity index is 493. The first kappa shape index (κ1) is 18.1. The van der Waals surface area contributed by atoms with Gasteiger partial charge in [0.1, 0.15) is 5.60 Å². The van der Waals surface area contributed by atoms with E-state index in [0.29, 0.717) is 6.54 Å². The average molecular weight is 340 g/mol. The molecule has 1 aromatic heterocycles. The highest BCUT2D eigenvalue weighted by molar-refractivity contribution is 7.99. The average Bonchev–Trinajstić information content (AvgIpc) is 2.92. The summed E-state index contributed by atoms with van der Waals surface area (Å²) in [4.78, 5) is 18.4. The van der Waals surface area contributed by atoms with Crippen molar-refractivity contribution in [2.75, 3.05) is 37.7 Å². The van der Waals surface area contributed by atoms with Gasteiger partial charge in [0.25, 0.3) is 0 Å². The van der Waals surface area contributed by atoms with Crippen molar-refractivity contribution in [1.29, 1.82) is 0 Å². The van der Waals surface area contributed by atoms with Crippen molar-refractivity contribution in [2.24, 2.45) is 0 Å². The van der Waals surface area contributed by atoms with Crippen molar-refractivity contribution in [2.45, 2.75) is 39.3 Å². The predicted molar refractivity (Wildman–Crippen MR) is 93.9 cm³/mol. The number of hydrogen-bond donors (Lipinski definition) is 1. The fourth-order valence-corrected chi connectivity index (χ4v) is 3.42. The summed E-state index contributed by atoms with van der Waals surface area (Å²) in [5.74, 6) is 2.47. The van der Waals surface area contributed by atoms with Crippen LogP contribution < -0.4 is 5.32 Å². The number of rotatable bonds is 6. The number of ether oxygens (including phenoxy) is 1. The van der Waals surface area contributed by atoms with Crippen LogP contribution in [0, 0.1) is 0 Å². The zero-order valence-electron chi connectivity index (χ0n) is 14.4. The molecule has 130 valence electrons. The van der Waals surface area contributed by atoms with E-state index in [4.69, 9.17) is 4.74 Å². The summed E-state index contributed by atoms with van der Waals surface area (Å²) >= 11 is 2.03. The Balaban J connectivity index is 1.71. The van der Waals surface area contributed by atoms with Crippen LogP contribution in [0.4, 0.5) is 4.79 Å². The minimum atomic E-state index is -0.460. The third kappa shape index (κ3) is 6.83. The SMILES string of the molecule is CC(C)(C)OC(=O)NCCc1cncn1CCN1CCSCC1. The van der Waals surface area contributed by atoms with Gasteiger partial charge in [0.2, 0.25) is 0 Å². The van der Waals surface area contributed by atoms with Crippen molar-refractivity contribution < 1.29 is 9.53 Å². The first-order valence-corrected chi connectivity index (χ1v) is 9.35. The van der Waals surface area contributed by atoms with Crippen molar-refractivity contribution in [3.63, 3.8) is 0 Å². The zero-order valence-corrected chi connectivity index (χ0v) is 15.2. The molecule has 1 saturated heterocycles. The lowest BCUT2D eigenvalue weighted by Crippen LogP contribution is -2.35. The van der Waals surface area contributed by atoms with Crippen molar-refractivity contribution in [3.05, 3.63) is 18.2 Å². The van der Waals surface area contributed by atoms with Crippen LogP contribution in [0.2, 0.25) is 0 Å². The minimum Gasteiger partial charge on any atom is -0.444 e. The van der Waals surface area contributed by atoms with E-state index in [-0.39, 0.29) is 6.09 Å². The monoisotopic (exact) mass is 340 g/mol. The normalized spacial score (nSPS) is 16.3. The number of carbonyl (C=O) groups excluding carboxylic acids is 1. The van der Waals surface area contributed by atoms with Crippen LogP contribution in [0.25, 0.3) is 0 Å². The van der Waals surface area contributed by atoms with Gasteiger partial charge in [0.05, 0.1) is 6.33 Å². The molecule has 1 aliphatic rings. The molecule has 2 heterocycles. The van der Waals surface area contributed by atoms with Crippen LogP contribution in [0.1, 0.15) is 26.5 Å². The maximum Gasteiger partial charge on any atom is 0.407 e. The number of thioether (sulfide) groups is 1. The highest BCUT2D eigenvalue weighted by atomic mass is 32.2. The van der Waals surface area contributed by atoms with Gasteiger partial charge >= 0.3 is 6.09 Å². The van der Waals surface area contributed by atoms with Gasteiger partial charge in [-0.1, -0.05) is 0 Å². The molecule has 7 heteroatoms. The second kappa shape index (κ2) is 8.59. The second-order valence-corrected chi connectivity index (χ2v) is 7.94. The first-order valence-electron chi connectivity index (χ1n) is 8.20. The van der Waals surface area contributed by atoms with Gasteiger partial charge in [-0.25, -0.2) is 9.78 Å². The van der Waals surface area contributed by atoms with Crippen molar-refractivity contribution in [1.82, 2.24) is 19.8 Å². The molecule has 1 fully saturated rings. The van der Waals surface area contributed by atoms with Crippen LogP contribution in [0.5, 0.6) is 0 Å². The largest absolute Gasteiger partial charge is 0.444 e. The van der Waals surface area contributed by atoms with E-state index in [1.165, 1.54) is 24.6 Å². The molecule has 23 heavy (non-hydrogen) atoms. The van der Waals surface area contributed by atoms with Crippen molar-refractivity contribution in [3.8, 4) is 0 Å². The molecule has 1 aliphatic heterocycles. The summed E-state index contributed by atoms with van der Waals surface area (Å²) < 4.78 is 7.41. The van der Waals surface area contributed by atoms with Crippen LogP contribution in [0.15, 0.2) is 12.5 Å². The highest BCUT2D eigenvalue weighted by Gasteiger charge is 2.16. The summed E-state index contributed by atoms with van der Waals surface area (Å²) in [6, 6.07) is 0. The van der Waals surface area contributed by atoms with E-state index < -0.39 is 5.60 Å². The molecule has 0 spiro atoms. The molecule has 0 bridgehead atoms. The number of hydrogen-bond acceptors (Lipinski definition) is 5. The lowest BCUT2D eigenvalue weighted by Gasteiger charge is -2.26. The molecule has 1 aromatic rings. The van der Waals surface area contributed by atoms with Crippen LogP contribution >= 0.6 is 11.8 Å². The molecule has 6 nitrogen and oxygen atoms in total. The van der Waals surface area contributed by atoms with Gasteiger partial charge in [-0.15, -0.1) is 0 Å². The molecule has 0 unspecified atom stereocenters. The lowest BCUT2D eigenvalue weighted by atomic mass is 10.2. The van der Waals surface area contributed by atoms with E-state index in [0.717, 1.165) is 25.2 Å². The molecule has 0 radical (unpaired) electrons. The zero-order chi connectivity index (χ0) is 16.7. The Morgan fingerprint density at radius 3 is 2.78 bits per heavy atom. The van der Waals surface area contributed by atoms with Gasteiger partial charge in [-0.2, -0.15) is 11.8 Å².